The highest BCUT2D eigenvalue weighted by Crippen LogP contribution is 2.30. The summed E-state index contributed by atoms with van der Waals surface area (Å²) in [6, 6.07) is 7.32. The van der Waals surface area contributed by atoms with Crippen molar-refractivity contribution in [3.63, 3.8) is 0 Å². The van der Waals surface area contributed by atoms with Gasteiger partial charge in [-0.2, -0.15) is 5.10 Å². The monoisotopic (exact) mass is 325 g/mol. The maximum absolute atomic E-state index is 13.8. The molecule has 0 aliphatic heterocycles. The Hall–Kier alpha value is -2.47. The Labute approximate surface area is 140 Å². The highest BCUT2D eigenvalue weighted by molar-refractivity contribution is 5.40. The number of hydrogen-bond acceptors (Lipinski definition) is 3. The van der Waals surface area contributed by atoms with Gasteiger partial charge in [-0.15, -0.1) is 0 Å². The van der Waals surface area contributed by atoms with Gasteiger partial charge < -0.3 is 4.57 Å². The lowest BCUT2D eigenvalue weighted by atomic mass is 10.1. The van der Waals surface area contributed by atoms with E-state index < -0.39 is 0 Å². The van der Waals surface area contributed by atoms with Gasteiger partial charge in [0.2, 0.25) is 0 Å². The average Bonchev–Trinajstić information content (AvgIpc) is 3.12. The molecule has 2 aromatic heterocycles. The fourth-order valence-electron chi connectivity index (χ4n) is 3.02. The molecule has 0 bridgehead atoms. The molecular weight excluding hydrogens is 305 g/mol. The SMILES string of the molecule is Cn1ccnc1CN(Cc1cc(F)ccc1-n1cccn1)C1CC1. The van der Waals surface area contributed by atoms with Gasteiger partial charge in [-0.1, -0.05) is 0 Å². The first-order chi connectivity index (χ1) is 11.7. The fraction of sp³-hybridized carbons (Fsp3) is 0.333. The van der Waals surface area contributed by atoms with Gasteiger partial charge in [-0.05, 0) is 42.7 Å². The second kappa shape index (κ2) is 6.20. The van der Waals surface area contributed by atoms with E-state index in [-0.39, 0.29) is 5.82 Å². The smallest absolute Gasteiger partial charge is 0.123 e. The first-order valence-electron chi connectivity index (χ1n) is 8.19. The van der Waals surface area contributed by atoms with Gasteiger partial charge in [0.25, 0.3) is 0 Å². The number of benzene rings is 1. The van der Waals surface area contributed by atoms with E-state index in [2.05, 4.69) is 15.0 Å². The predicted octanol–water partition coefficient (Wildman–Crippen LogP) is 2.91. The zero-order valence-corrected chi connectivity index (χ0v) is 13.6. The summed E-state index contributed by atoms with van der Waals surface area (Å²) in [7, 11) is 2.00. The van der Waals surface area contributed by atoms with Crippen LogP contribution in [0.2, 0.25) is 0 Å². The largest absolute Gasteiger partial charge is 0.337 e. The number of hydrogen-bond donors (Lipinski definition) is 0. The van der Waals surface area contributed by atoms with E-state index in [4.69, 9.17) is 0 Å². The second-order valence-corrected chi connectivity index (χ2v) is 6.31. The molecule has 1 fully saturated rings. The summed E-state index contributed by atoms with van der Waals surface area (Å²) >= 11 is 0. The van der Waals surface area contributed by atoms with Crippen molar-refractivity contribution in [1.29, 1.82) is 0 Å². The quantitative estimate of drug-likeness (QED) is 0.699. The molecule has 0 spiro atoms. The van der Waals surface area contributed by atoms with Crippen LogP contribution in [0, 0.1) is 5.82 Å². The summed E-state index contributed by atoms with van der Waals surface area (Å²) in [5.74, 6) is 0.813. The van der Waals surface area contributed by atoms with Crippen LogP contribution in [-0.2, 0) is 20.1 Å². The van der Waals surface area contributed by atoms with Gasteiger partial charge >= 0.3 is 0 Å². The Kier molecular flexibility index (Phi) is 3.90. The van der Waals surface area contributed by atoms with Crippen molar-refractivity contribution in [2.75, 3.05) is 0 Å². The van der Waals surface area contributed by atoms with Crippen LogP contribution in [0.25, 0.3) is 5.69 Å². The zero-order valence-electron chi connectivity index (χ0n) is 13.6. The number of nitrogens with zero attached hydrogens (tertiary/aromatic N) is 5. The molecule has 0 unspecified atom stereocenters. The number of halogens is 1. The molecule has 6 heteroatoms. The zero-order chi connectivity index (χ0) is 16.5. The molecule has 2 heterocycles. The third-order valence-corrected chi connectivity index (χ3v) is 4.49. The third-order valence-electron chi connectivity index (χ3n) is 4.49. The minimum absolute atomic E-state index is 0.214. The van der Waals surface area contributed by atoms with Crippen molar-refractivity contribution in [2.24, 2.45) is 7.05 Å². The molecule has 5 nitrogen and oxygen atoms in total. The molecule has 4 rings (SSSR count). The molecule has 3 aromatic rings. The summed E-state index contributed by atoms with van der Waals surface area (Å²) in [5, 5.41) is 4.29. The number of imidazole rings is 1. The van der Waals surface area contributed by atoms with Crippen molar-refractivity contribution in [3.05, 3.63) is 66.3 Å². The Morgan fingerprint density at radius 3 is 2.75 bits per heavy atom. The Morgan fingerprint density at radius 1 is 1.21 bits per heavy atom. The van der Waals surface area contributed by atoms with E-state index in [1.54, 1.807) is 23.0 Å². The second-order valence-electron chi connectivity index (χ2n) is 6.31. The molecule has 0 N–H and O–H groups in total. The fourth-order valence-corrected chi connectivity index (χ4v) is 3.02. The van der Waals surface area contributed by atoms with E-state index in [1.165, 1.54) is 18.9 Å². The molecule has 0 atom stereocenters. The normalized spacial score (nSPS) is 14.5. The van der Waals surface area contributed by atoms with E-state index in [9.17, 15) is 4.39 Å². The van der Waals surface area contributed by atoms with Crippen LogP contribution in [0.4, 0.5) is 4.39 Å². The van der Waals surface area contributed by atoms with Crippen molar-refractivity contribution >= 4 is 0 Å². The Morgan fingerprint density at radius 2 is 2.08 bits per heavy atom. The number of aromatic nitrogens is 4. The van der Waals surface area contributed by atoms with E-state index in [1.807, 2.05) is 36.3 Å². The van der Waals surface area contributed by atoms with Crippen LogP contribution in [0.1, 0.15) is 24.2 Å². The van der Waals surface area contributed by atoms with Crippen LogP contribution in [0.5, 0.6) is 0 Å². The van der Waals surface area contributed by atoms with Crippen molar-refractivity contribution < 1.29 is 4.39 Å². The minimum atomic E-state index is -0.214. The van der Waals surface area contributed by atoms with Gasteiger partial charge in [0, 0.05) is 44.4 Å². The lowest BCUT2D eigenvalue weighted by molar-refractivity contribution is 0.236. The van der Waals surface area contributed by atoms with Crippen LogP contribution in [0.15, 0.2) is 49.1 Å². The maximum Gasteiger partial charge on any atom is 0.123 e. The van der Waals surface area contributed by atoms with Gasteiger partial charge in [-0.3, -0.25) is 4.90 Å². The minimum Gasteiger partial charge on any atom is -0.337 e. The summed E-state index contributed by atoms with van der Waals surface area (Å²) in [4.78, 5) is 6.81. The molecule has 1 aliphatic carbocycles. The molecule has 1 saturated carbocycles. The standard InChI is InChI=1S/C18H20FN5/c1-22-10-8-20-18(22)13-23(16-4-5-16)12-14-11-15(19)3-6-17(14)24-9-2-7-21-24/h2-3,6-11,16H,4-5,12-13H2,1H3. The van der Waals surface area contributed by atoms with Crippen LogP contribution in [0.3, 0.4) is 0 Å². The predicted molar refractivity (Wildman–Crippen MR) is 89.0 cm³/mol. The highest BCUT2D eigenvalue weighted by Gasteiger charge is 2.30. The molecule has 1 aromatic carbocycles. The molecule has 124 valence electrons. The number of aryl methyl sites for hydroxylation is 1. The van der Waals surface area contributed by atoms with Gasteiger partial charge in [0.1, 0.15) is 11.6 Å². The summed E-state index contributed by atoms with van der Waals surface area (Å²) in [5.41, 5.74) is 1.87. The summed E-state index contributed by atoms with van der Waals surface area (Å²) in [6.07, 6.45) is 9.78. The van der Waals surface area contributed by atoms with Crippen molar-refractivity contribution in [3.8, 4) is 5.69 Å². The van der Waals surface area contributed by atoms with Gasteiger partial charge in [0.15, 0.2) is 0 Å². The van der Waals surface area contributed by atoms with E-state index >= 15 is 0 Å². The van der Waals surface area contributed by atoms with E-state index in [0.717, 1.165) is 23.6 Å². The average molecular weight is 325 g/mol. The third kappa shape index (κ3) is 3.10. The molecule has 0 radical (unpaired) electrons. The molecule has 0 saturated heterocycles. The highest BCUT2D eigenvalue weighted by atomic mass is 19.1. The van der Waals surface area contributed by atoms with Crippen molar-refractivity contribution in [2.45, 2.75) is 32.0 Å². The van der Waals surface area contributed by atoms with Gasteiger partial charge in [0.05, 0.1) is 12.2 Å². The lowest BCUT2D eigenvalue weighted by Gasteiger charge is -2.23. The Balaban J connectivity index is 1.63. The molecule has 1 aliphatic rings. The molecule has 0 amide bonds. The number of rotatable bonds is 6. The van der Waals surface area contributed by atoms with E-state index in [0.29, 0.717) is 12.6 Å². The van der Waals surface area contributed by atoms with Crippen LogP contribution < -0.4 is 0 Å². The first-order valence-corrected chi connectivity index (χ1v) is 8.19. The van der Waals surface area contributed by atoms with Gasteiger partial charge in [-0.25, -0.2) is 14.1 Å². The van der Waals surface area contributed by atoms with Crippen LogP contribution >= 0.6 is 0 Å². The van der Waals surface area contributed by atoms with Crippen LogP contribution in [-0.4, -0.2) is 30.3 Å². The first kappa shape index (κ1) is 15.1. The Bertz CT molecular complexity index is 820. The summed E-state index contributed by atoms with van der Waals surface area (Å²) < 4.78 is 17.7. The topological polar surface area (TPSA) is 38.9 Å². The van der Waals surface area contributed by atoms with Crippen molar-refractivity contribution in [1.82, 2.24) is 24.2 Å². The maximum atomic E-state index is 13.8. The molecule has 24 heavy (non-hydrogen) atoms. The summed E-state index contributed by atoms with van der Waals surface area (Å²) in [6.45, 7) is 1.45. The lowest BCUT2D eigenvalue weighted by Crippen LogP contribution is -2.27. The molecular formula is C18H20FN5.